The van der Waals surface area contributed by atoms with E-state index in [0.29, 0.717) is 17.2 Å². The van der Waals surface area contributed by atoms with Gasteiger partial charge in [0.15, 0.2) is 0 Å². The monoisotopic (exact) mass is 342 g/mol. The number of carbonyl (C=O) groups is 1. The van der Waals surface area contributed by atoms with Gasteiger partial charge in [-0.3, -0.25) is 4.79 Å². The number of carbonyl (C=O) groups excluding carboxylic acids is 1. The molecular weight excluding hydrogens is 312 g/mol. The Morgan fingerprint density at radius 2 is 1.88 bits per heavy atom. The molecule has 25 heavy (non-hydrogen) atoms. The van der Waals surface area contributed by atoms with E-state index in [4.69, 9.17) is 4.74 Å². The summed E-state index contributed by atoms with van der Waals surface area (Å²) in [6, 6.07) is 10.4. The number of rotatable bonds is 5. The Kier molecular flexibility index (Phi) is 5.09. The maximum atomic E-state index is 13.3. The fourth-order valence-electron chi connectivity index (χ4n) is 4.67. The molecule has 1 amide bonds. The van der Waals surface area contributed by atoms with Crippen molar-refractivity contribution in [1.29, 1.82) is 0 Å². The Morgan fingerprint density at radius 3 is 2.60 bits per heavy atom. The summed E-state index contributed by atoms with van der Waals surface area (Å²) in [5, 5.41) is 3.44. The van der Waals surface area contributed by atoms with Gasteiger partial charge in [-0.15, -0.1) is 0 Å². The molecule has 0 radical (unpaired) electrons. The Bertz CT molecular complexity index is 577. The van der Waals surface area contributed by atoms with Crippen LogP contribution in [0.1, 0.15) is 37.7 Å². The van der Waals surface area contributed by atoms with Crippen molar-refractivity contribution in [3.05, 3.63) is 35.9 Å². The molecule has 1 saturated carbocycles. The van der Waals surface area contributed by atoms with Crippen LogP contribution >= 0.6 is 0 Å². The fraction of sp³-hybridized carbons (Fsp3) is 0.667. The molecule has 1 atom stereocenters. The van der Waals surface area contributed by atoms with Crippen LogP contribution in [0.3, 0.4) is 0 Å². The van der Waals surface area contributed by atoms with Gasteiger partial charge in [-0.1, -0.05) is 30.3 Å². The molecular formula is C21H30N2O2. The maximum Gasteiger partial charge on any atom is 0.226 e. The van der Waals surface area contributed by atoms with E-state index in [1.807, 2.05) is 6.07 Å². The quantitative estimate of drug-likeness (QED) is 0.895. The second-order valence-electron chi connectivity index (χ2n) is 8.13. The topological polar surface area (TPSA) is 41.6 Å². The Hall–Kier alpha value is -1.39. The first-order chi connectivity index (χ1) is 12.3. The summed E-state index contributed by atoms with van der Waals surface area (Å²) >= 11 is 0. The van der Waals surface area contributed by atoms with Gasteiger partial charge in [-0.05, 0) is 62.1 Å². The van der Waals surface area contributed by atoms with Gasteiger partial charge >= 0.3 is 0 Å². The summed E-state index contributed by atoms with van der Waals surface area (Å²) in [5.74, 6) is 1.25. The predicted octanol–water partition coefficient (Wildman–Crippen LogP) is 2.83. The molecule has 0 aromatic heterocycles. The van der Waals surface area contributed by atoms with Crippen LogP contribution in [0.2, 0.25) is 0 Å². The number of hydrogen-bond acceptors (Lipinski definition) is 3. The number of nitrogens with one attached hydrogen (secondary N) is 1. The van der Waals surface area contributed by atoms with Crippen molar-refractivity contribution in [2.45, 2.75) is 38.6 Å². The third-order valence-corrected chi connectivity index (χ3v) is 6.43. The van der Waals surface area contributed by atoms with Crippen LogP contribution < -0.4 is 5.32 Å². The average Bonchev–Trinajstić information content (AvgIpc) is 3.35. The third-order valence-electron chi connectivity index (χ3n) is 6.43. The van der Waals surface area contributed by atoms with Crippen molar-refractivity contribution in [2.24, 2.45) is 17.3 Å². The summed E-state index contributed by atoms with van der Waals surface area (Å²) in [6.45, 7) is 5.47. The van der Waals surface area contributed by atoms with E-state index < -0.39 is 0 Å². The van der Waals surface area contributed by atoms with E-state index in [-0.39, 0.29) is 5.92 Å². The van der Waals surface area contributed by atoms with Crippen LogP contribution in [0.5, 0.6) is 0 Å². The molecule has 3 fully saturated rings. The van der Waals surface area contributed by atoms with Crippen molar-refractivity contribution < 1.29 is 9.53 Å². The van der Waals surface area contributed by atoms with Crippen molar-refractivity contribution in [3.8, 4) is 0 Å². The van der Waals surface area contributed by atoms with Gasteiger partial charge < -0.3 is 15.0 Å². The Morgan fingerprint density at radius 1 is 1.16 bits per heavy atom. The van der Waals surface area contributed by atoms with Gasteiger partial charge in [0, 0.05) is 32.2 Å². The van der Waals surface area contributed by atoms with E-state index in [2.05, 4.69) is 34.5 Å². The van der Waals surface area contributed by atoms with Crippen molar-refractivity contribution in [2.75, 3.05) is 32.8 Å². The second-order valence-corrected chi connectivity index (χ2v) is 8.13. The van der Waals surface area contributed by atoms with Crippen LogP contribution in [-0.2, 0) is 16.1 Å². The van der Waals surface area contributed by atoms with E-state index in [0.717, 1.165) is 58.7 Å². The van der Waals surface area contributed by atoms with E-state index in [1.165, 1.54) is 18.4 Å². The molecule has 1 spiro atoms. The fourth-order valence-corrected chi connectivity index (χ4v) is 4.67. The summed E-state index contributed by atoms with van der Waals surface area (Å²) < 4.78 is 5.50. The molecule has 1 N–H and O–H groups in total. The molecule has 136 valence electrons. The molecule has 2 aliphatic heterocycles. The normalized spacial score (nSPS) is 25.7. The number of amides is 1. The minimum atomic E-state index is 0.262. The maximum absolute atomic E-state index is 13.3. The summed E-state index contributed by atoms with van der Waals surface area (Å²) in [6.07, 6.45) is 5.60. The van der Waals surface area contributed by atoms with Crippen LogP contribution in [0.4, 0.5) is 0 Å². The van der Waals surface area contributed by atoms with E-state index in [9.17, 15) is 4.79 Å². The number of benzene rings is 1. The molecule has 0 unspecified atom stereocenters. The van der Waals surface area contributed by atoms with Crippen LogP contribution in [0, 0.1) is 17.3 Å². The summed E-state index contributed by atoms with van der Waals surface area (Å²) in [4.78, 5) is 15.5. The number of piperidine rings is 1. The SMILES string of the molecule is O=C([C@H]1CC12CCNCC2)N(Cc1ccccc1)CC1CCOCC1. The molecule has 4 heteroatoms. The lowest BCUT2D eigenvalue weighted by molar-refractivity contribution is -0.135. The smallest absolute Gasteiger partial charge is 0.226 e. The van der Waals surface area contributed by atoms with Crippen molar-refractivity contribution in [3.63, 3.8) is 0 Å². The van der Waals surface area contributed by atoms with Gasteiger partial charge in [0.1, 0.15) is 0 Å². The molecule has 1 aromatic carbocycles. The lowest BCUT2D eigenvalue weighted by atomic mass is 9.91. The Balaban J connectivity index is 1.45. The van der Waals surface area contributed by atoms with Gasteiger partial charge in [-0.25, -0.2) is 0 Å². The minimum Gasteiger partial charge on any atom is -0.381 e. The first kappa shape index (κ1) is 17.0. The molecule has 2 saturated heterocycles. The zero-order valence-corrected chi connectivity index (χ0v) is 15.1. The first-order valence-corrected chi connectivity index (χ1v) is 9.88. The average molecular weight is 342 g/mol. The van der Waals surface area contributed by atoms with Crippen molar-refractivity contribution in [1.82, 2.24) is 10.2 Å². The van der Waals surface area contributed by atoms with Crippen LogP contribution in [0.25, 0.3) is 0 Å². The second kappa shape index (κ2) is 7.46. The summed E-state index contributed by atoms with van der Waals surface area (Å²) in [7, 11) is 0. The lowest BCUT2D eigenvalue weighted by Gasteiger charge is -2.31. The van der Waals surface area contributed by atoms with E-state index in [1.54, 1.807) is 0 Å². The molecule has 3 aliphatic rings. The zero-order valence-electron chi connectivity index (χ0n) is 15.1. The summed E-state index contributed by atoms with van der Waals surface area (Å²) in [5.41, 5.74) is 1.55. The van der Waals surface area contributed by atoms with Crippen molar-refractivity contribution >= 4 is 5.91 Å². The first-order valence-electron chi connectivity index (χ1n) is 9.88. The van der Waals surface area contributed by atoms with Gasteiger partial charge in [0.2, 0.25) is 5.91 Å². The van der Waals surface area contributed by atoms with Gasteiger partial charge in [-0.2, -0.15) is 0 Å². The van der Waals surface area contributed by atoms with Crippen LogP contribution in [0.15, 0.2) is 30.3 Å². The zero-order chi connectivity index (χ0) is 17.1. The number of hydrogen-bond donors (Lipinski definition) is 1. The third kappa shape index (κ3) is 3.90. The predicted molar refractivity (Wildman–Crippen MR) is 98.0 cm³/mol. The molecule has 1 aliphatic carbocycles. The lowest BCUT2D eigenvalue weighted by Crippen LogP contribution is -2.39. The Labute approximate surface area is 150 Å². The number of ether oxygens (including phenoxy) is 1. The highest BCUT2D eigenvalue weighted by molar-refractivity contribution is 5.82. The van der Waals surface area contributed by atoms with E-state index >= 15 is 0 Å². The number of nitrogens with zero attached hydrogens (tertiary/aromatic N) is 1. The van der Waals surface area contributed by atoms with Gasteiger partial charge in [0.05, 0.1) is 0 Å². The standard InChI is InChI=1S/C21H30N2O2/c24-20(19-14-21(19)8-10-22-11-9-21)23(15-17-4-2-1-3-5-17)16-18-6-12-25-13-7-18/h1-5,18-19,22H,6-16H2/t19-/m1/s1. The van der Waals surface area contributed by atoms with Crippen LogP contribution in [-0.4, -0.2) is 43.7 Å². The minimum absolute atomic E-state index is 0.262. The highest BCUT2D eigenvalue weighted by Crippen LogP contribution is 2.59. The molecule has 4 rings (SSSR count). The molecule has 4 nitrogen and oxygen atoms in total. The highest BCUT2D eigenvalue weighted by atomic mass is 16.5. The van der Waals surface area contributed by atoms with Gasteiger partial charge in [0.25, 0.3) is 0 Å². The highest BCUT2D eigenvalue weighted by Gasteiger charge is 2.58. The largest absolute Gasteiger partial charge is 0.381 e. The molecule has 1 aromatic rings. The molecule has 0 bridgehead atoms. The molecule has 2 heterocycles.